The molecule has 8 heteroatoms. The summed E-state index contributed by atoms with van der Waals surface area (Å²) in [4.78, 5) is 17.7. The molecular formula is C20H14ClFN2O2S2. The van der Waals surface area contributed by atoms with Gasteiger partial charge in [0.1, 0.15) is 16.3 Å². The molecule has 28 heavy (non-hydrogen) atoms. The maximum atomic E-state index is 14.1. The molecule has 2 heterocycles. The lowest BCUT2D eigenvalue weighted by molar-refractivity contribution is 0.414. The molecule has 0 aliphatic carbocycles. The van der Waals surface area contributed by atoms with Crippen LogP contribution in [-0.2, 0) is 5.75 Å². The van der Waals surface area contributed by atoms with Gasteiger partial charge in [0.25, 0.3) is 5.56 Å². The van der Waals surface area contributed by atoms with Crippen molar-refractivity contribution < 1.29 is 9.13 Å². The van der Waals surface area contributed by atoms with Crippen molar-refractivity contribution >= 4 is 44.9 Å². The van der Waals surface area contributed by atoms with Crippen LogP contribution in [0.25, 0.3) is 15.9 Å². The van der Waals surface area contributed by atoms with Gasteiger partial charge in [0.2, 0.25) is 0 Å². The van der Waals surface area contributed by atoms with Crippen LogP contribution in [0.1, 0.15) is 5.56 Å². The normalized spacial score (nSPS) is 11.1. The van der Waals surface area contributed by atoms with Crippen LogP contribution in [-0.4, -0.2) is 16.7 Å². The Kier molecular flexibility index (Phi) is 5.39. The van der Waals surface area contributed by atoms with Gasteiger partial charge >= 0.3 is 0 Å². The number of aromatic nitrogens is 2. The summed E-state index contributed by atoms with van der Waals surface area (Å²) in [6, 6.07) is 13.5. The number of rotatable bonds is 5. The van der Waals surface area contributed by atoms with Crippen LogP contribution in [0.4, 0.5) is 4.39 Å². The molecule has 0 spiro atoms. The minimum Gasteiger partial charge on any atom is -0.497 e. The average Bonchev–Trinajstić information content (AvgIpc) is 3.17. The van der Waals surface area contributed by atoms with Crippen molar-refractivity contribution in [3.8, 4) is 11.4 Å². The van der Waals surface area contributed by atoms with Crippen LogP contribution in [0.2, 0.25) is 5.02 Å². The minimum absolute atomic E-state index is 0.160. The molecule has 0 unspecified atom stereocenters. The first kappa shape index (κ1) is 19.0. The van der Waals surface area contributed by atoms with Gasteiger partial charge in [0.05, 0.1) is 18.3 Å². The molecule has 0 N–H and O–H groups in total. The zero-order valence-electron chi connectivity index (χ0n) is 14.7. The first-order valence-electron chi connectivity index (χ1n) is 8.29. The van der Waals surface area contributed by atoms with Crippen LogP contribution in [0.5, 0.6) is 5.75 Å². The maximum Gasteiger partial charge on any atom is 0.276 e. The van der Waals surface area contributed by atoms with Crippen molar-refractivity contribution in [1.82, 2.24) is 9.55 Å². The summed E-state index contributed by atoms with van der Waals surface area (Å²) in [5, 5.41) is 2.66. The van der Waals surface area contributed by atoms with Crippen LogP contribution in [0.15, 0.2) is 63.9 Å². The molecule has 0 bridgehead atoms. The first-order chi connectivity index (χ1) is 13.6. The van der Waals surface area contributed by atoms with Gasteiger partial charge in [0.15, 0.2) is 5.16 Å². The predicted octanol–water partition coefficient (Wildman–Crippen LogP) is 5.54. The third-order valence-electron chi connectivity index (χ3n) is 4.19. The number of nitrogens with zero attached hydrogens (tertiary/aromatic N) is 2. The molecule has 0 saturated heterocycles. The second kappa shape index (κ2) is 7.95. The smallest absolute Gasteiger partial charge is 0.276 e. The zero-order chi connectivity index (χ0) is 19.7. The molecule has 0 saturated carbocycles. The van der Waals surface area contributed by atoms with Crippen molar-refractivity contribution in [3.05, 3.63) is 80.7 Å². The Balaban J connectivity index is 1.81. The highest BCUT2D eigenvalue weighted by atomic mass is 35.5. The number of hydrogen-bond donors (Lipinski definition) is 0. The SMILES string of the molecule is COc1ccc(-n2c(SCc3c(F)cccc3Cl)nc3ccsc3c2=O)cc1. The molecule has 0 aliphatic rings. The Morgan fingerprint density at radius 3 is 2.71 bits per heavy atom. The van der Waals surface area contributed by atoms with E-state index in [-0.39, 0.29) is 17.1 Å². The predicted molar refractivity (Wildman–Crippen MR) is 113 cm³/mol. The minimum atomic E-state index is -0.380. The Morgan fingerprint density at radius 2 is 2.00 bits per heavy atom. The molecule has 4 aromatic rings. The van der Waals surface area contributed by atoms with E-state index >= 15 is 0 Å². The van der Waals surface area contributed by atoms with Crippen LogP contribution in [0, 0.1) is 5.82 Å². The number of fused-ring (bicyclic) bond motifs is 1. The van der Waals surface area contributed by atoms with E-state index in [0.717, 1.165) is 0 Å². The fraction of sp³-hybridized carbons (Fsp3) is 0.100. The molecule has 2 aromatic carbocycles. The van der Waals surface area contributed by atoms with Gasteiger partial charge in [0, 0.05) is 16.3 Å². The number of hydrogen-bond acceptors (Lipinski definition) is 5. The standard InChI is InChI=1S/C20H14ClFN2O2S2/c1-26-13-7-5-12(6-8-13)24-19(25)18-17(9-10-27-18)23-20(24)28-11-14-15(21)3-2-4-16(14)22/h2-10H,11H2,1H3. The number of benzene rings is 2. The monoisotopic (exact) mass is 432 g/mol. The van der Waals surface area contributed by atoms with Gasteiger partial charge < -0.3 is 4.74 Å². The summed E-state index contributed by atoms with van der Waals surface area (Å²) in [6.45, 7) is 0. The van der Waals surface area contributed by atoms with Gasteiger partial charge in [-0.15, -0.1) is 11.3 Å². The van der Waals surface area contributed by atoms with E-state index in [4.69, 9.17) is 16.3 Å². The summed E-state index contributed by atoms with van der Waals surface area (Å²) < 4.78 is 21.4. The topological polar surface area (TPSA) is 44.1 Å². The van der Waals surface area contributed by atoms with Crippen molar-refractivity contribution in [2.45, 2.75) is 10.9 Å². The van der Waals surface area contributed by atoms with E-state index in [2.05, 4.69) is 4.98 Å². The molecule has 4 nitrogen and oxygen atoms in total. The number of ether oxygens (including phenoxy) is 1. The van der Waals surface area contributed by atoms with E-state index in [1.807, 2.05) is 5.38 Å². The lowest BCUT2D eigenvalue weighted by atomic mass is 10.2. The Labute approximate surface area is 173 Å². The van der Waals surface area contributed by atoms with Crippen molar-refractivity contribution in [1.29, 1.82) is 0 Å². The van der Waals surface area contributed by atoms with E-state index in [1.54, 1.807) is 49.6 Å². The van der Waals surface area contributed by atoms with Crippen LogP contribution < -0.4 is 10.3 Å². The van der Waals surface area contributed by atoms with Crippen LogP contribution in [0.3, 0.4) is 0 Å². The second-order valence-electron chi connectivity index (χ2n) is 5.86. The Hall–Kier alpha value is -2.35. The molecule has 0 amide bonds. The van der Waals surface area contributed by atoms with Gasteiger partial charge in [-0.2, -0.15) is 0 Å². The largest absolute Gasteiger partial charge is 0.497 e. The lowest BCUT2D eigenvalue weighted by Gasteiger charge is -2.13. The van der Waals surface area contributed by atoms with Gasteiger partial charge in [-0.3, -0.25) is 9.36 Å². The fourth-order valence-corrected chi connectivity index (χ4v) is 4.87. The van der Waals surface area contributed by atoms with Gasteiger partial charge in [-0.25, -0.2) is 9.37 Å². The molecule has 0 aliphatic heterocycles. The first-order valence-corrected chi connectivity index (χ1v) is 10.5. The van der Waals surface area contributed by atoms with Crippen molar-refractivity contribution in [2.24, 2.45) is 0 Å². The maximum absolute atomic E-state index is 14.1. The third-order valence-corrected chi connectivity index (χ3v) is 6.40. The van der Waals surface area contributed by atoms with E-state index in [0.29, 0.717) is 37.4 Å². The number of thioether (sulfide) groups is 1. The van der Waals surface area contributed by atoms with Gasteiger partial charge in [-0.05, 0) is 47.8 Å². The number of halogens is 2. The Bertz CT molecular complexity index is 1190. The zero-order valence-corrected chi connectivity index (χ0v) is 17.1. The number of methoxy groups -OCH3 is 1. The number of thiophene rings is 1. The molecule has 0 radical (unpaired) electrons. The molecule has 142 valence electrons. The van der Waals surface area contributed by atoms with Gasteiger partial charge in [-0.1, -0.05) is 29.4 Å². The average molecular weight is 433 g/mol. The Morgan fingerprint density at radius 1 is 1.21 bits per heavy atom. The fourth-order valence-electron chi connectivity index (χ4n) is 2.75. The molecule has 4 rings (SSSR count). The van der Waals surface area contributed by atoms with E-state index in [9.17, 15) is 9.18 Å². The molecule has 0 atom stereocenters. The highest BCUT2D eigenvalue weighted by Crippen LogP contribution is 2.30. The van der Waals surface area contributed by atoms with E-state index in [1.165, 1.54) is 33.7 Å². The molecule has 2 aromatic heterocycles. The van der Waals surface area contributed by atoms with E-state index < -0.39 is 0 Å². The highest BCUT2D eigenvalue weighted by Gasteiger charge is 2.16. The van der Waals surface area contributed by atoms with Crippen molar-refractivity contribution in [3.63, 3.8) is 0 Å². The second-order valence-corrected chi connectivity index (χ2v) is 8.12. The third kappa shape index (κ3) is 3.53. The molecular weight excluding hydrogens is 419 g/mol. The summed E-state index contributed by atoms with van der Waals surface area (Å²) in [5.74, 6) is 0.563. The van der Waals surface area contributed by atoms with Crippen LogP contribution >= 0.6 is 34.7 Å². The molecule has 0 fully saturated rings. The quantitative estimate of drug-likeness (QED) is 0.307. The summed E-state index contributed by atoms with van der Waals surface area (Å²) >= 11 is 8.75. The summed E-state index contributed by atoms with van der Waals surface area (Å²) in [7, 11) is 1.58. The highest BCUT2D eigenvalue weighted by molar-refractivity contribution is 7.98. The van der Waals surface area contributed by atoms with Crippen molar-refractivity contribution in [2.75, 3.05) is 7.11 Å². The summed E-state index contributed by atoms with van der Waals surface area (Å²) in [6.07, 6.45) is 0. The lowest BCUT2D eigenvalue weighted by Crippen LogP contribution is -2.20. The summed E-state index contributed by atoms with van der Waals surface area (Å²) in [5.41, 5.74) is 1.51.